The molecule has 0 atom stereocenters. The van der Waals surface area contributed by atoms with E-state index in [0.717, 1.165) is 17.7 Å². The normalized spacial score (nSPS) is 12.8. The molecule has 0 amide bonds. The van der Waals surface area contributed by atoms with Gasteiger partial charge in [0.25, 0.3) is 0 Å². The molecule has 44 heavy (non-hydrogen) atoms. The van der Waals surface area contributed by atoms with Crippen LogP contribution in [0.3, 0.4) is 0 Å². The maximum atomic E-state index is 13.7. The van der Waals surface area contributed by atoms with Gasteiger partial charge in [0, 0.05) is 16.6 Å². The molecule has 0 saturated heterocycles. The summed E-state index contributed by atoms with van der Waals surface area (Å²) in [6.45, 7) is 10.7. The summed E-state index contributed by atoms with van der Waals surface area (Å²) in [5, 5.41) is 40.8. The zero-order valence-electron chi connectivity index (χ0n) is 25.2. The second-order valence-corrected chi connectivity index (χ2v) is 11.7. The summed E-state index contributed by atoms with van der Waals surface area (Å²) in [6, 6.07) is 14.7. The molecule has 4 rings (SSSR count). The van der Waals surface area contributed by atoms with Crippen LogP contribution < -0.4 is 0 Å². The van der Waals surface area contributed by atoms with Crippen molar-refractivity contribution in [1.29, 1.82) is 0 Å². The van der Waals surface area contributed by atoms with E-state index in [1.807, 2.05) is 33.8 Å². The number of hydrogen-bond donors (Lipinski definition) is 3. The van der Waals surface area contributed by atoms with Gasteiger partial charge in [-0.25, -0.2) is 0 Å². The van der Waals surface area contributed by atoms with Crippen molar-refractivity contribution in [3.05, 3.63) is 89.5 Å². The van der Waals surface area contributed by atoms with Crippen molar-refractivity contribution in [2.45, 2.75) is 53.1 Å². The molecule has 7 nitrogen and oxygen atoms in total. The van der Waals surface area contributed by atoms with Crippen molar-refractivity contribution in [1.82, 2.24) is 4.57 Å². The van der Waals surface area contributed by atoms with Gasteiger partial charge in [0.15, 0.2) is 11.4 Å². The van der Waals surface area contributed by atoms with E-state index in [4.69, 9.17) is 0 Å². The number of aromatic nitrogens is 1. The van der Waals surface area contributed by atoms with Crippen LogP contribution in [-0.2, 0) is 16.4 Å². The van der Waals surface area contributed by atoms with Crippen molar-refractivity contribution < 1.29 is 33.3 Å². The summed E-state index contributed by atoms with van der Waals surface area (Å²) in [7, 11) is 0. The number of azo groups is 1. The minimum atomic E-state index is -4.61. The highest BCUT2D eigenvalue weighted by Crippen LogP contribution is 2.45. The van der Waals surface area contributed by atoms with Crippen LogP contribution >= 0.6 is 0 Å². The Morgan fingerprint density at radius 2 is 1.61 bits per heavy atom. The number of carboxylic acids is 1. The molecule has 0 unspecified atom stereocenters. The Kier molecular flexibility index (Phi) is 8.76. The molecule has 0 aliphatic heterocycles. The average Bonchev–Trinajstić information content (AvgIpc) is 3.21. The van der Waals surface area contributed by atoms with Gasteiger partial charge >= 0.3 is 12.1 Å². The number of aromatic hydroxyl groups is 2. The number of benzene rings is 3. The molecule has 1 heterocycles. The first-order valence-corrected chi connectivity index (χ1v) is 13.9. The molecule has 0 fully saturated rings. The number of rotatable bonds is 8. The van der Waals surface area contributed by atoms with Crippen LogP contribution in [-0.4, -0.2) is 25.9 Å². The molecular formula is C34H34F3N3O4. The molecule has 1 aromatic heterocycles. The van der Waals surface area contributed by atoms with Gasteiger partial charge in [-0.1, -0.05) is 55.8 Å². The van der Waals surface area contributed by atoms with Crippen molar-refractivity contribution in [3.63, 3.8) is 0 Å². The van der Waals surface area contributed by atoms with Crippen molar-refractivity contribution in [2.24, 2.45) is 16.1 Å². The van der Waals surface area contributed by atoms with Gasteiger partial charge in [-0.3, -0.25) is 9.36 Å². The molecule has 0 aliphatic carbocycles. The van der Waals surface area contributed by atoms with E-state index in [1.54, 1.807) is 56.3 Å². The number of fused-ring (bicyclic) bond motifs is 1. The number of aliphatic carboxylic acids is 1. The Morgan fingerprint density at radius 3 is 2.23 bits per heavy atom. The molecule has 4 aromatic rings. The maximum absolute atomic E-state index is 13.7. The second-order valence-electron chi connectivity index (χ2n) is 11.7. The van der Waals surface area contributed by atoms with Gasteiger partial charge in [0.05, 0.1) is 16.5 Å². The number of allylic oxidation sites excluding steroid dienone is 4. The smallest absolute Gasteiger partial charge is 0.416 e. The monoisotopic (exact) mass is 605 g/mol. The van der Waals surface area contributed by atoms with Crippen molar-refractivity contribution in [2.75, 3.05) is 0 Å². The molecule has 0 radical (unpaired) electrons. The van der Waals surface area contributed by atoms with Crippen LogP contribution in [0.4, 0.5) is 24.5 Å². The molecule has 0 aliphatic rings. The first kappa shape index (κ1) is 32.1. The third-order valence-electron chi connectivity index (χ3n) is 7.15. The minimum Gasteiger partial charge on any atom is -0.505 e. The van der Waals surface area contributed by atoms with Crippen LogP contribution in [0.15, 0.2) is 88.6 Å². The molecule has 230 valence electrons. The van der Waals surface area contributed by atoms with Crippen LogP contribution in [0.25, 0.3) is 27.7 Å². The van der Waals surface area contributed by atoms with E-state index in [9.17, 15) is 33.3 Å². The highest BCUT2D eigenvalue weighted by molar-refractivity contribution is 5.98. The molecule has 3 aromatic carbocycles. The zero-order chi connectivity index (χ0) is 32.6. The van der Waals surface area contributed by atoms with Gasteiger partial charge in [0.2, 0.25) is 5.88 Å². The second kappa shape index (κ2) is 12.0. The largest absolute Gasteiger partial charge is 0.505 e. The summed E-state index contributed by atoms with van der Waals surface area (Å²) in [6.07, 6.45) is -1.03. The van der Waals surface area contributed by atoms with Gasteiger partial charge in [0.1, 0.15) is 5.69 Å². The fourth-order valence-electron chi connectivity index (χ4n) is 4.77. The molecule has 0 spiro atoms. The average molecular weight is 606 g/mol. The first-order valence-electron chi connectivity index (χ1n) is 13.9. The van der Waals surface area contributed by atoms with Gasteiger partial charge in [-0.15, -0.1) is 10.2 Å². The number of alkyl halides is 3. The molecule has 0 bridgehead atoms. The number of carbonyl (C=O) groups is 1. The lowest BCUT2D eigenvalue weighted by atomic mass is 9.83. The Morgan fingerprint density at radius 1 is 0.932 bits per heavy atom. The number of halogens is 3. The molecule has 0 saturated carbocycles. The third kappa shape index (κ3) is 6.39. The van der Waals surface area contributed by atoms with Crippen molar-refractivity contribution in [3.8, 4) is 22.8 Å². The highest BCUT2D eigenvalue weighted by Gasteiger charge is 2.32. The first-order chi connectivity index (χ1) is 20.5. The van der Waals surface area contributed by atoms with Gasteiger partial charge in [-0.05, 0) is 81.1 Å². The highest BCUT2D eigenvalue weighted by atomic mass is 19.4. The van der Waals surface area contributed by atoms with E-state index in [2.05, 4.69) is 10.2 Å². The maximum Gasteiger partial charge on any atom is 0.416 e. The summed E-state index contributed by atoms with van der Waals surface area (Å²) in [5.74, 6) is -1.65. The number of para-hydroxylation sites is 1. The summed E-state index contributed by atoms with van der Waals surface area (Å²) >= 11 is 0. The topological polar surface area (TPSA) is 107 Å². The van der Waals surface area contributed by atoms with Gasteiger partial charge < -0.3 is 15.3 Å². The van der Waals surface area contributed by atoms with Crippen LogP contribution in [0.2, 0.25) is 0 Å². The number of phenolic OH excluding ortho intramolecular Hbond substituents is 1. The fourth-order valence-corrected chi connectivity index (χ4v) is 4.77. The summed E-state index contributed by atoms with van der Waals surface area (Å²) in [5.41, 5.74) is 0.801. The predicted molar refractivity (Wildman–Crippen MR) is 166 cm³/mol. The Balaban J connectivity index is 1.89. The SMILES string of the molecule is CC(C)=C/C(=C\C(C)C)n1c(O)c(N=Nc2cccc(-c3cccc(C(C)(C)C(=O)O)c3)c2O)c2ccc(C(F)(F)F)cc21. The Labute approximate surface area is 253 Å². The standard InChI is InChI=1S/C34H34F3N3O4/c1-19(2)15-24(16-20(3)4)40-28-18-23(34(35,36)37)13-14-26(28)29(31(40)42)39-38-27-12-8-11-25(30(27)41)21-9-7-10-22(17-21)33(5,6)32(43)44/h7-19,41-42H,1-6H3,(H,43,44)/b24-15+,39-38?. The Bertz CT molecular complexity index is 1830. The fraction of sp³-hybridized carbons (Fsp3) is 0.265. The molecular weight excluding hydrogens is 571 g/mol. The predicted octanol–water partition coefficient (Wildman–Crippen LogP) is 9.98. The zero-order valence-corrected chi connectivity index (χ0v) is 25.2. The van der Waals surface area contributed by atoms with Crippen LogP contribution in [0, 0.1) is 5.92 Å². The van der Waals surface area contributed by atoms with Crippen LogP contribution in [0.1, 0.15) is 52.7 Å². The number of phenols is 1. The Hall–Kier alpha value is -4.86. The van der Waals surface area contributed by atoms with E-state index in [1.165, 1.54) is 16.7 Å². The third-order valence-corrected chi connectivity index (χ3v) is 7.15. The quantitative estimate of drug-likeness (QED) is 0.137. The van der Waals surface area contributed by atoms with Gasteiger partial charge in [-0.2, -0.15) is 13.2 Å². The lowest BCUT2D eigenvalue weighted by Crippen LogP contribution is -2.28. The lowest BCUT2D eigenvalue weighted by molar-refractivity contribution is -0.142. The summed E-state index contributed by atoms with van der Waals surface area (Å²) in [4.78, 5) is 11.8. The number of nitrogens with zero attached hydrogens (tertiary/aromatic N) is 3. The van der Waals surface area contributed by atoms with Crippen molar-refractivity contribution >= 4 is 33.9 Å². The molecule has 3 N–H and O–H groups in total. The van der Waals surface area contributed by atoms with E-state index in [-0.39, 0.29) is 33.9 Å². The minimum absolute atomic E-state index is 0.00703. The van der Waals surface area contributed by atoms with Crippen LogP contribution in [0.5, 0.6) is 11.6 Å². The van der Waals surface area contributed by atoms with E-state index < -0.39 is 29.0 Å². The van der Waals surface area contributed by atoms with E-state index in [0.29, 0.717) is 22.4 Å². The summed E-state index contributed by atoms with van der Waals surface area (Å²) < 4.78 is 42.4. The molecule has 10 heteroatoms. The number of hydrogen-bond acceptors (Lipinski definition) is 5. The lowest BCUT2D eigenvalue weighted by Gasteiger charge is -2.20. The van der Waals surface area contributed by atoms with E-state index >= 15 is 0 Å². The number of carboxylic acid groups (broad SMARTS) is 1.